The van der Waals surface area contributed by atoms with Crippen molar-refractivity contribution in [2.24, 2.45) is 0 Å². The Morgan fingerprint density at radius 2 is 1.67 bits per heavy atom. The van der Waals surface area contributed by atoms with E-state index in [-0.39, 0.29) is 12.5 Å². The van der Waals surface area contributed by atoms with E-state index in [0.29, 0.717) is 32.6 Å². The van der Waals surface area contributed by atoms with Crippen LogP contribution in [0.25, 0.3) is 0 Å². The summed E-state index contributed by atoms with van der Waals surface area (Å²) in [7, 11) is 1.64. The van der Waals surface area contributed by atoms with Crippen LogP contribution in [0, 0.1) is 0 Å². The molecule has 1 aliphatic heterocycles. The van der Waals surface area contributed by atoms with Gasteiger partial charge in [-0.05, 0) is 41.5 Å². The summed E-state index contributed by atoms with van der Waals surface area (Å²) in [4.78, 5) is 17.0. The molecule has 1 aliphatic rings. The van der Waals surface area contributed by atoms with Gasteiger partial charge in [0.25, 0.3) is 0 Å². The first-order valence-corrected chi connectivity index (χ1v) is 11.2. The summed E-state index contributed by atoms with van der Waals surface area (Å²) < 4.78 is 11.2. The highest BCUT2D eigenvalue weighted by atomic mass is 16.5. The van der Waals surface area contributed by atoms with Crippen molar-refractivity contribution in [2.45, 2.75) is 25.6 Å². The summed E-state index contributed by atoms with van der Waals surface area (Å²) >= 11 is 0. The van der Waals surface area contributed by atoms with Gasteiger partial charge in [0.15, 0.2) is 0 Å². The van der Waals surface area contributed by atoms with Crippen molar-refractivity contribution < 1.29 is 19.4 Å². The van der Waals surface area contributed by atoms with E-state index in [1.807, 2.05) is 83.8 Å². The number of β-amino-alcohol motifs (C(OH)–C–C–N with tert-alkyl or cyclic N) is 1. The van der Waals surface area contributed by atoms with E-state index < -0.39 is 6.10 Å². The fourth-order valence-electron chi connectivity index (χ4n) is 4.08. The number of aliphatic hydroxyl groups excluding tert-OH is 1. The number of fused-ring (bicyclic) bond motifs is 1. The number of methoxy groups -OCH3 is 1. The number of nitrogens with zero attached hydrogens (tertiary/aromatic N) is 2. The van der Waals surface area contributed by atoms with E-state index in [9.17, 15) is 9.90 Å². The highest BCUT2D eigenvalue weighted by molar-refractivity contribution is 5.78. The van der Waals surface area contributed by atoms with Gasteiger partial charge >= 0.3 is 0 Å². The van der Waals surface area contributed by atoms with Crippen LogP contribution in [-0.4, -0.2) is 48.8 Å². The number of carbonyl (C=O) groups excluding carboxylic acids is 1. The van der Waals surface area contributed by atoms with Crippen LogP contribution in [0.2, 0.25) is 0 Å². The van der Waals surface area contributed by atoms with Crippen molar-refractivity contribution in [3.05, 3.63) is 90.0 Å². The van der Waals surface area contributed by atoms with Gasteiger partial charge in [0, 0.05) is 38.3 Å². The third-order valence-corrected chi connectivity index (χ3v) is 5.77. The summed E-state index contributed by atoms with van der Waals surface area (Å²) in [6.07, 6.45) is -0.319. The lowest BCUT2D eigenvalue weighted by molar-refractivity contribution is -0.132. The second kappa shape index (κ2) is 10.9. The van der Waals surface area contributed by atoms with Gasteiger partial charge in [0.05, 0.1) is 7.11 Å². The van der Waals surface area contributed by atoms with Gasteiger partial charge in [-0.1, -0.05) is 48.5 Å². The van der Waals surface area contributed by atoms with Crippen LogP contribution in [0.1, 0.15) is 17.5 Å². The van der Waals surface area contributed by atoms with Gasteiger partial charge in [-0.2, -0.15) is 0 Å². The number of benzene rings is 3. The Morgan fingerprint density at radius 1 is 0.939 bits per heavy atom. The molecule has 1 amide bonds. The first-order chi connectivity index (χ1) is 16.1. The second-order valence-corrected chi connectivity index (χ2v) is 8.20. The summed E-state index contributed by atoms with van der Waals surface area (Å²) in [6, 6.07) is 25.4. The Bertz CT molecular complexity index is 1040. The Hall–Kier alpha value is -3.51. The van der Waals surface area contributed by atoms with Gasteiger partial charge in [0.1, 0.15) is 24.2 Å². The van der Waals surface area contributed by atoms with Crippen molar-refractivity contribution in [2.75, 3.05) is 31.7 Å². The van der Waals surface area contributed by atoms with Crippen LogP contribution < -0.4 is 14.4 Å². The van der Waals surface area contributed by atoms with Gasteiger partial charge in [-0.15, -0.1) is 0 Å². The summed E-state index contributed by atoms with van der Waals surface area (Å²) in [6.45, 7) is 2.11. The molecule has 4 rings (SSSR count). The number of carbonyl (C=O) groups is 1. The third kappa shape index (κ3) is 6.05. The molecule has 1 N–H and O–H groups in total. The first kappa shape index (κ1) is 22.7. The third-order valence-electron chi connectivity index (χ3n) is 5.77. The number of hydrogen-bond donors (Lipinski definition) is 1. The molecule has 3 aromatic rings. The zero-order valence-electron chi connectivity index (χ0n) is 18.9. The molecule has 0 spiro atoms. The zero-order valence-corrected chi connectivity index (χ0v) is 18.9. The van der Waals surface area contributed by atoms with E-state index in [2.05, 4.69) is 4.90 Å². The minimum absolute atomic E-state index is 0.0901. The maximum absolute atomic E-state index is 13.1. The average Bonchev–Trinajstić information content (AvgIpc) is 2.85. The van der Waals surface area contributed by atoms with Gasteiger partial charge < -0.3 is 24.4 Å². The smallest absolute Gasteiger partial charge is 0.224 e. The normalized spacial score (nSPS) is 14.8. The monoisotopic (exact) mass is 446 g/mol. The predicted molar refractivity (Wildman–Crippen MR) is 128 cm³/mol. The van der Waals surface area contributed by atoms with Crippen LogP contribution in [0.4, 0.5) is 5.69 Å². The number of para-hydroxylation sites is 1. The van der Waals surface area contributed by atoms with Crippen LogP contribution in [0.3, 0.4) is 0 Å². The fourth-order valence-corrected chi connectivity index (χ4v) is 4.08. The van der Waals surface area contributed by atoms with E-state index in [1.54, 1.807) is 7.11 Å². The van der Waals surface area contributed by atoms with Crippen LogP contribution in [-0.2, 0) is 17.9 Å². The maximum atomic E-state index is 13.1. The van der Waals surface area contributed by atoms with Crippen molar-refractivity contribution in [1.82, 2.24) is 4.90 Å². The molecule has 1 atom stereocenters. The molecule has 0 radical (unpaired) electrons. The minimum Gasteiger partial charge on any atom is -0.497 e. The van der Waals surface area contributed by atoms with Crippen LogP contribution in [0.15, 0.2) is 78.9 Å². The number of ether oxygens (including phenoxy) is 2. The van der Waals surface area contributed by atoms with Crippen molar-refractivity contribution >= 4 is 11.6 Å². The first-order valence-electron chi connectivity index (χ1n) is 11.2. The Labute approximate surface area is 195 Å². The molecule has 172 valence electrons. The summed E-state index contributed by atoms with van der Waals surface area (Å²) in [5, 5.41) is 10.7. The predicted octanol–water partition coefficient (Wildman–Crippen LogP) is 3.87. The lowest BCUT2D eigenvalue weighted by Gasteiger charge is -2.34. The molecule has 0 aromatic heterocycles. The van der Waals surface area contributed by atoms with E-state index in [4.69, 9.17) is 9.47 Å². The van der Waals surface area contributed by atoms with E-state index in [1.165, 1.54) is 0 Å². The van der Waals surface area contributed by atoms with E-state index in [0.717, 1.165) is 28.3 Å². The topological polar surface area (TPSA) is 62.2 Å². The zero-order chi connectivity index (χ0) is 23.0. The molecule has 1 unspecified atom stereocenters. The summed E-state index contributed by atoms with van der Waals surface area (Å²) in [5.41, 5.74) is 3.09. The fraction of sp³-hybridized carbons (Fsp3) is 0.296. The molecule has 1 heterocycles. The van der Waals surface area contributed by atoms with Crippen molar-refractivity contribution in [1.29, 1.82) is 0 Å². The molecular formula is C27H30N2O4. The van der Waals surface area contributed by atoms with Gasteiger partial charge in [-0.3, -0.25) is 4.79 Å². The van der Waals surface area contributed by atoms with Gasteiger partial charge in [0.2, 0.25) is 5.91 Å². The molecule has 0 saturated heterocycles. The Balaban J connectivity index is 1.51. The standard InChI is InChI=1S/C27H30N2O4/c1-32-25-12-13-26-22(16-25)18-29(17-21-8-4-2-5-9-21)27(31)14-15-28(26)19-23(30)20-33-24-10-6-3-7-11-24/h2-13,16,23,30H,14-15,17-20H2,1H3. The maximum Gasteiger partial charge on any atom is 0.224 e. The number of anilines is 1. The van der Waals surface area contributed by atoms with E-state index >= 15 is 0 Å². The number of hydrogen-bond acceptors (Lipinski definition) is 5. The number of amides is 1. The molecule has 0 bridgehead atoms. The lowest BCUT2D eigenvalue weighted by atomic mass is 10.1. The second-order valence-electron chi connectivity index (χ2n) is 8.20. The summed E-state index contributed by atoms with van der Waals surface area (Å²) in [5.74, 6) is 1.56. The molecule has 0 saturated carbocycles. The van der Waals surface area contributed by atoms with Crippen LogP contribution in [0.5, 0.6) is 11.5 Å². The number of aliphatic hydroxyl groups is 1. The Morgan fingerprint density at radius 3 is 2.39 bits per heavy atom. The number of rotatable bonds is 8. The Kier molecular flexibility index (Phi) is 7.47. The molecule has 6 heteroatoms. The molecule has 6 nitrogen and oxygen atoms in total. The lowest BCUT2D eigenvalue weighted by Crippen LogP contribution is -2.41. The minimum atomic E-state index is -0.699. The highest BCUT2D eigenvalue weighted by Gasteiger charge is 2.25. The molecule has 0 aliphatic carbocycles. The molecule has 3 aromatic carbocycles. The van der Waals surface area contributed by atoms with Crippen molar-refractivity contribution in [3.63, 3.8) is 0 Å². The SMILES string of the molecule is COc1ccc2c(c1)CN(Cc1ccccc1)C(=O)CCN2CC(O)COc1ccccc1. The largest absolute Gasteiger partial charge is 0.497 e. The molecule has 33 heavy (non-hydrogen) atoms. The molecule has 0 fully saturated rings. The molecular weight excluding hydrogens is 416 g/mol. The van der Waals surface area contributed by atoms with Gasteiger partial charge in [-0.25, -0.2) is 0 Å². The average molecular weight is 447 g/mol. The van der Waals surface area contributed by atoms with Crippen LogP contribution >= 0.6 is 0 Å². The van der Waals surface area contributed by atoms with Crippen molar-refractivity contribution in [3.8, 4) is 11.5 Å². The highest BCUT2D eigenvalue weighted by Crippen LogP contribution is 2.30. The quantitative estimate of drug-likeness (QED) is 0.569.